The summed E-state index contributed by atoms with van der Waals surface area (Å²) >= 11 is 0. The molecule has 0 aliphatic rings. The average molecular weight is 376 g/mol. The summed E-state index contributed by atoms with van der Waals surface area (Å²) in [6.45, 7) is 0.341. The van der Waals surface area contributed by atoms with Crippen LogP contribution in [0.1, 0.15) is 45.4 Å². The molecule has 0 radical (unpaired) electrons. The third-order valence-electron chi connectivity index (χ3n) is 3.60. The monoisotopic (exact) mass is 376 g/mol. The van der Waals surface area contributed by atoms with E-state index in [4.69, 9.17) is 19.7 Å². The summed E-state index contributed by atoms with van der Waals surface area (Å²) in [5.41, 5.74) is 0. The molecule has 8 heteroatoms. The van der Waals surface area contributed by atoms with Crippen LogP contribution in [0.3, 0.4) is 0 Å². The minimum Gasteiger partial charge on any atom is -0.463 e. The number of carbonyl (C=O) groups is 2. The topological polar surface area (TPSA) is 134 Å². The molecule has 0 heterocycles. The summed E-state index contributed by atoms with van der Waals surface area (Å²) in [7, 11) is 0. The zero-order valence-corrected chi connectivity index (χ0v) is 15.4. The van der Waals surface area contributed by atoms with Gasteiger partial charge in [-0.05, 0) is 19.3 Å². The average Bonchev–Trinajstić information content (AvgIpc) is 2.65. The normalized spacial score (nSPS) is 14.8. The Bertz CT molecular complexity index is 410. The predicted molar refractivity (Wildman–Crippen MR) is 94.1 cm³/mol. The number of hydrogen-bond acceptors (Lipinski definition) is 8. The predicted octanol–water partition coefficient (Wildman–Crippen LogP) is 0.312. The Morgan fingerprint density at radius 3 is 2.12 bits per heavy atom. The molecule has 26 heavy (non-hydrogen) atoms. The number of rotatable bonds is 15. The van der Waals surface area contributed by atoms with Gasteiger partial charge in [-0.25, -0.2) is 0 Å². The van der Waals surface area contributed by atoms with E-state index in [2.05, 4.69) is 6.92 Å². The molecule has 0 saturated heterocycles. The van der Waals surface area contributed by atoms with Gasteiger partial charge < -0.3 is 29.9 Å². The van der Waals surface area contributed by atoms with Crippen LogP contribution in [0.4, 0.5) is 0 Å². The molecule has 0 rings (SSSR count). The van der Waals surface area contributed by atoms with Crippen molar-refractivity contribution in [3.05, 3.63) is 12.2 Å². The van der Waals surface area contributed by atoms with Gasteiger partial charge in [-0.3, -0.25) is 9.59 Å². The maximum absolute atomic E-state index is 12.1. The summed E-state index contributed by atoms with van der Waals surface area (Å²) in [6.07, 6.45) is 5.50. The molecular weight excluding hydrogens is 344 g/mol. The number of carbonyl (C=O) groups excluding carboxylic acids is 2. The fourth-order valence-electron chi connectivity index (χ4n) is 2.01. The van der Waals surface area contributed by atoms with E-state index in [1.807, 2.05) is 12.2 Å². The minimum atomic E-state index is -1.17. The molecule has 0 spiro atoms. The van der Waals surface area contributed by atoms with Crippen LogP contribution >= 0.6 is 0 Å². The van der Waals surface area contributed by atoms with Crippen LogP contribution in [0, 0.1) is 5.92 Å². The highest BCUT2D eigenvalue weighted by molar-refractivity contribution is 5.80. The number of allylic oxidation sites excluding steroid dienone is 2. The van der Waals surface area contributed by atoms with E-state index in [0.717, 1.165) is 19.3 Å². The second-order valence-corrected chi connectivity index (χ2v) is 6.08. The number of esters is 2. The molecule has 3 unspecified atom stereocenters. The summed E-state index contributed by atoms with van der Waals surface area (Å²) < 4.78 is 9.75. The number of aliphatic hydroxyl groups excluding tert-OH is 4. The fraction of sp³-hybridized carbons (Fsp3) is 0.778. The van der Waals surface area contributed by atoms with Crippen molar-refractivity contribution < 1.29 is 39.5 Å². The van der Waals surface area contributed by atoms with E-state index in [1.54, 1.807) is 0 Å². The molecule has 0 aliphatic heterocycles. The minimum absolute atomic E-state index is 0.227. The highest BCUT2D eigenvalue weighted by Crippen LogP contribution is 2.16. The highest BCUT2D eigenvalue weighted by atomic mass is 16.6. The Hall–Kier alpha value is -1.48. The molecule has 0 fully saturated rings. The summed E-state index contributed by atoms with van der Waals surface area (Å²) in [6, 6.07) is 0. The Balaban J connectivity index is 4.53. The molecule has 4 N–H and O–H groups in total. The number of ether oxygens (including phenoxy) is 2. The van der Waals surface area contributed by atoms with Gasteiger partial charge in [-0.15, -0.1) is 0 Å². The first kappa shape index (κ1) is 24.5. The Kier molecular flexibility index (Phi) is 14.9. The smallest absolute Gasteiger partial charge is 0.309 e. The van der Waals surface area contributed by atoms with Gasteiger partial charge in [0.1, 0.15) is 25.4 Å². The molecule has 0 amide bonds. The molecule has 8 nitrogen and oxygen atoms in total. The van der Waals surface area contributed by atoms with Crippen molar-refractivity contribution in [1.29, 1.82) is 0 Å². The lowest BCUT2D eigenvalue weighted by Crippen LogP contribution is -2.28. The first-order valence-corrected chi connectivity index (χ1v) is 8.99. The molecule has 3 atom stereocenters. The molecule has 0 aliphatic carbocycles. The largest absolute Gasteiger partial charge is 0.463 e. The van der Waals surface area contributed by atoms with Crippen molar-refractivity contribution in [3.63, 3.8) is 0 Å². The van der Waals surface area contributed by atoms with Crippen molar-refractivity contribution in [2.45, 2.75) is 57.7 Å². The summed E-state index contributed by atoms with van der Waals surface area (Å²) in [4.78, 5) is 23.9. The van der Waals surface area contributed by atoms with Crippen LogP contribution in [-0.4, -0.2) is 71.0 Å². The number of aliphatic hydroxyl groups is 4. The van der Waals surface area contributed by atoms with Crippen molar-refractivity contribution in [1.82, 2.24) is 0 Å². The molecule has 0 bridgehead atoms. The van der Waals surface area contributed by atoms with Crippen LogP contribution in [0.15, 0.2) is 12.2 Å². The second kappa shape index (κ2) is 15.7. The van der Waals surface area contributed by atoms with Gasteiger partial charge in [0.2, 0.25) is 0 Å². The number of hydrogen-bond donors (Lipinski definition) is 4. The van der Waals surface area contributed by atoms with Gasteiger partial charge in [-0.2, -0.15) is 0 Å². The first-order valence-electron chi connectivity index (χ1n) is 8.99. The molecular formula is C18H32O8. The van der Waals surface area contributed by atoms with Gasteiger partial charge in [0, 0.05) is 0 Å². The lowest BCUT2D eigenvalue weighted by atomic mass is 9.99. The molecule has 0 saturated carbocycles. The van der Waals surface area contributed by atoms with Gasteiger partial charge >= 0.3 is 11.9 Å². The Labute approximate surface area is 154 Å². The van der Waals surface area contributed by atoms with E-state index in [-0.39, 0.29) is 19.6 Å². The van der Waals surface area contributed by atoms with Crippen LogP contribution in [0.25, 0.3) is 0 Å². The van der Waals surface area contributed by atoms with E-state index in [1.165, 1.54) is 0 Å². The second-order valence-electron chi connectivity index (χ2n) is 6.08. The molecule has 152 valence electrons. The van der Waals surface area contributed by atoms with Gasteiger partial charge in [0.15, 0.2) is 0 Å². The van der Waals surface area contributed by atoms with Gasteiger partial charge in [-0.1, -0.05) is 31.9 Å². The van der Waals surface area contributed by atoms with Gasteiger partial charge in [0.25, 0.3) is 0 Å². The maximum Gasteiger partial charge on any atom is 0.309 e. The molecule has 0 aromatic heterocycles. The summed E-state index contributed by atoms with van der Waals surface area (Å²) in [5.74, 6) is -2.09. The molecule has 0 aromatic rings. The lowest BCUT2D eigenvalue weighted by molar-refractivity contribution is -0.159. The highest BCUT2D eigenvalue weighted by Gasteiger charge is 2.24. The maximum atomic E-state index is 12.1. The first-order chi connectivity index (χ1) is 12.4. The SMILES string of the molecule is CCCC/C=C/CCC(CC(=O)OCC(O)CO)C(=O)OCC(O)CO. The number of unbranched alkanes of at least 4 members (excludes halogenated alkanes) is 2. The summed E-state index contributed by atoms with van der Waals surface area (Å²) in [5, 5.41) is 35.9. The van der Waals surface area contributed by atoms with Gasteiger partial charge in [0.05, 0.1) is 25.6 Å². The fourth-order valence-corrected chi connectivity index (χ4v) is 2.01. The third-order valence-corrected chi connectivity index (χ3v) is 3.60. The van der Waals surface area contributed by atoms with E-state index in [9.17, 15) is 19.8 Å². The Morgan fingerprint density at radius 2 is 1.54 bits per heavy atom. The standard InChI is InChI=1S/C18H32O8/c1-2-3-4-5-6-7-8-14(18(24)26-13-16(22)11-20)9-17(23)25-12-15(21)10-19/h5-6,14-16,19-22H,2-4,7-13H2,1H3/b6-5+. The van der Waals surface area contributed by atoms with E-state index in [0.29, 0.717) is 12.8 Å². The zero-order chi connectivity index (χ0) is 19.8. The van der Waals surface area contributed by atoms with E-state index >= 15 is 0 Å². The van der Waals surface area contributed by atoms with Crippen LogP contribution in [-0.2, 0) is 19.1 Å². The lowest BCUT2D eigenvalue weighted by Gasteiger charge is -2.16. The third kappa shape index (κ3) is 12.8. The molecule has 0 aromatic carbocycles. The van der Waals surface area contributed by atoms with E-state index < -0.39 is 43.3 Å². The quantitative estimate of drug-likeness (QED) is 0.182. The Morgan fingerprint density at radius 1 is 0.962 bits per heavy atom. The zero-order valence-electron chi connectivity index (χ0n) is 15.4. The van der Waals surface area contributed by atoms with Crippen molar-refractivity contribution in [2.75, 3.05) is 26.4 Å². The van der Waals surface area contributed by atoms with Crippen molar-refractivity contribution in [3.8, 4) is 0 Å². The van der Waals surface area contributed by atoms with Crippen LogP contribution < -0.4 is 0 Å². The van der Waals surface area contributed by atoms with Crippen LogP contribution in [0.5, 0.6) is 0 Å². The van der Waals surface area contributed by atoms with Crippen molar-refractivity contribution in [2.24, 2.45) is 5.92 Å². The van der Waals surface area contributed by atoms with Crippen molar-refractivity contribution >= 4 is 11.9 Å². The van der Waals surface area contributed by atoms with Crippen LogP contribution in [0.2, 0.25) is 0 Å².